The number of carbonyl (C=O) groups excluding carboxylic acids is 1. The summed E-state index contributed by atoms with van der Waals surface area (Å²) in [4.78, 5) is 12.0. The number of hydrogen-bond acceptors (Lipinski definition) is 2. The largest absolute Gasteiger partial charge is 0.391 e. The van der Waals surface area contributed by atoms with Gasteiger partial charge in [0.2, 0.25) is 5.91 Å². The van der Waals surface area contributed by atoms with E-state index in [0.717, 1.165) is 25.7 Å². The van der Waals surface area contributed by atoms with Crippen molar-refractivity contribution in [1.29, 1.82) is 0 Å². The highest BCUT2D eigenvalue weighted by Crippen LogP contribution is 2.32. The van der Waals surface area contributed by atoms with Crippen LogP contribution in [0.5, 0.6) is 0 Å². The molecule has 0 spiro atoms. The molecule has 1 saturated carbocycles. The normalized spacial score (nSPS) is 20.5. The quantitative estimate of drug-likeness (QED) is 0.839. The Labute approximate surface area is 107 Å². The van der Waals surface area contributed by atoms with Crippen molar-refractivity contribution in [2.24, 2.45) is 11.8 Å². The van der Waals surface area contributed by atoms with Gasteiger partial charge in [-0.05, 0) is 42.7 Å². The highest BCUT2D eigenvalue weighted by atomic mass is 16.3. The average molecular weight is 245 g/mol. The molecule has 0 radical (unpaired) electrons. The zero-order valence-corrected chi connectivity index (χ0v) is 10.4. The van der Waals surface area contributed by atoms with Crippen LogP contribution in [-0.4, -0.2) is 23.7 Å². The molecule has 3 rings (SSSR count). The lowest BCUT2D eigenvalue weighted by Crippen LogP contribution is -2.37. The van der Waals surface area contributed by atoms with Crippen molar-refractivity contribution in [2.75, 3.05) is 6.54 Å². The molecule has 0 saturated heterocycles. The Balaban J connectivity index is 1.52. The number of aliphatic hydroxyl groups is 1. The molecule has 0 aromatic heterocycles. The number of nitrogens with one attached hydrogen (secondary N) is 1. The Bertz CT molecular complexity index is 429. The topological polar surface area (TPSA) is 49.3 Å². The van der Waals surface area contributed by atoms with Gasteiger partial charge in [0.15, 0.2) is 0 Å². The third kappa shape index (κ3) is 2.41. The Hall–Kier alpha value is -1.35. The Morgan fingerprint density at radius 1 is 1.28 bits per heavy atom. The molecule has 1 aromatic rings. The maximum Gasteiger partial charge on any atom is 0.223 e. The summed E-state index contributed by atoms with van der Waals surface area (Å²) in [5, 5.41) is 12.6. The summed E-state index contributed by atoms with van der Waals surface area (Å²) >= 11 is 0. The number of amides is 1. The van der Waals surface area contributed by atoms with E-state index < -0.39 is 0 Å². The number of benzene rings is 1. The lowest BCUT2D eigenvalue weighted by Gasteiger charge is -2.13. The van der Waals surface area contributed by atoms with Crippen LogP contribution in [0.3, 0.4) is 0 Å². The van der Waals surface area contributed by atoms with Gasteiger partial charge in [0, 0.05) is 12.5 Å². The predicted octanol–water partition coefficient (Wildman–Crippen LogP) is 1.29. The Morgan fingerprint density at radius 2 is 1.89 bits per heavy atom. The summed E-state index contributed by atoms with van der Waals surface area (Å²) in [5.74, 6) is 0.561. The number of hydrogen-bond donors (Lipinski definition) is 2. The van der Waals surface area contributed by atoms with Crippen molar-refractivity contribution >= 4 is 5.91 Å². The van der Waals surface area contributed by atoms with Gasteiger partial charge in [0.1, 0.15) is 0 Å². The minimum Gasteiger partial charge on any atom is -0.391 e. The molecule has 0 heterocycles. The van der Waals surface area contributed by atoms with E-state index in [1.54, 1.807) is 0 Å². The zero-order chi connectivity index (χ0) is 12.5. The van der Waals surface area contributed by atoms with Gasteiger partial charge >= 0.3 is 0 Å². The van der Waals surface area contributed by atoms with Crippen molar-refractivity contribution in [3.8, 4) is 0 Å². The monoisotopic (exact) mass is 245 g/mol. The van der Waals surface area contributed by atoms with Crippen molar-refractivity contribution in [1.82, 2.24) is 5.32 Å². The van der Waals surface area contributed by atoms with Crippen LogP contribution in [-0.2, 0) is 17.6 Å². The molecule has 3 nitrogen and oxygen atoms in total. The van der Waals surface area contributed by atoms with Crippen molar-refractivity contribution in [3.05, 3.63) is 35.4 Å². The van der Waals surface area contributed by atoms with Gasteiger partial charge in [-0.3, -0.25) is 4.79 Å². The van der Waals surface area contributed by atoms with Crippen molar-refractivity contribution in [2.45, 2.75) is 31.8 Å². The van der Waals surface area contributed by atoms with Crippen LogP contribution in [0.4, 0.5) is 0 Å². The fourth-order valence-corrected chi connectivity index (χ4v) is 2.74. The molecular weight excluding hydrogens is 226 g/mol. The summed E-state index contributed by atoms with van der Waals surface area (Å²) in [6.45, 7) is 0.413. The molecule has 2 N–H and O–H groups in total. The van der Waals surface area contributed by atoms with Crippen LogP contribution in [0.15, 0.2) is 24.3 Å². The van der Waals surface area contributed by atoms with Gasteiger partial charge in [0.25, 0.3) is 0 Å². The van der Waals surface area contributed by atoms with Crippen LogP contribution < -0.4 is 5.32 Å². The lowest BCUT2D eigenvalue weighted by molar-refractivity contribution is -0.125. The van der Waals surface area contributed by atoms with Crippen LogP contribution in [0.25, 0.3) is 0 Å². The van der Waals surface area contributed by atoms with E-state index in [1.165, 1.54) is 11.1 Å². The van der Waals surface area contributed by atoms with E-state index in [0.29, 0.717) is 12.5 Å². The van der Waals surface area contributed by atoms with Crippen LogP contribution in [0, 0.1) is 11.8 Å². The standard InChI is InChI=1S/C15H19NO2/c17-14(10-5-6-10)9-16-15(18)13-7-11-3-1-2-4-12(11)8-13/h1-4,10,13-14,17H,5-9H2,(H,16,18). The smallest absolute Gasteiger partial charge is 0.223 e. The fourth-order valence-electron chi connectivity index (χ4n) is 2.74. The summed E-state index contributed by atoms with van der Waals surface area (Å²) in [6.07, 6.45) is 3.53. The Kier molecular flexibility index (Phi) is 3.08. The van der Waals surface area contributed by atoms with Crippen molar-refractivity contribution < 1.29 is 9.90 Å². The number of carbonyl (C=O) groups is 1. The maximum atomic E-state index is 12.0. The molecule has 1 amide bonds. The summed E-state index contributed by atoms with van der Waals surface area (Å²) in [5.41, 5.74) is 2.58. The molecule has 3 heteroatoms. The third-order valence-corrected chi connectivity index (χ3v) is 4.07. The minimum atomic E-state index is -0.349. The second-order valence-corrected chi connectivity index (χ2v) is 5.52. The lowest BCUT2D eigenvalue weighted by atomic mass is 10.1. The van der Waals surface area contributed by atoms with E-state index >= 15 is 0 Å². The van der Waals surface area contributed by atoms with Gasteiger partial charge in [-0.25, -0.2) is 0 Å². The molecule has 0 aliphatic heterocycles. The third-order valence-electron chi connectivity index (χ3n) is 4.07. The first-order valence-electron chi connectivity index (χ1n) is 6.76. The van der Waals surface area contributed by atoms with Gasteiger partial charge < -0.3 is 10.4 Å². The molecule has 2 aliphatic rings. The molecule has 0 bridgehead atoms. The first-order valence-corrected chi connectivity index (χ1v) is 6.76. The van der Waals surface area contributed by atoms with E-state index in [4.69, 9.17) is 0 Å². The molecule has 96 valence electrons. The molecular formula is C15H19NO2. The molecule has 1 unspecified atom stereocenters. The van der Waals surface area contributed by atoms with Crippen LogP contribution in [0.2, 0.25) is 0 Å². The van der Waals surface area contributed by atoms with Crippen molar-refractivity contribution in [3.63, 3.8) is 0 Å². The Morgan fingerprint density at radius 3 is 2.44 bits per heavy atom. The SMILES string of the molecule is O=C(NCC(O)C1CC1)C1Cc2ccccc2C1. The number of rotatable bonds is 4. The van der Waals surface area contributed by atoms with Gasteiger partial charge in [0.05, 0.1) is 6.10 Å². The van der Waals surface area contributed by atoms with Crippen LogP contribution in [0.1, 0.15) is 24.0 Å². The van der Waals surface area contributed by atoms with E-state index in [-0.39, 0.29) is 17.9 Å². The number of aliphatic hydroxyl groups excluding tert-OH is 1. The highest BCUT2D eigenvalue weighted by molar-refractivity contribution is 5.80. The van der Waals surface area contributed by atoms with Crippen LogP contribution >= 0.6 is 0 Å². The summed E-state index contributed by atoms with van der Waals surface area (Å²) in [7, 11) is 0. The molecule has 1 aromatic carbocycles. The first-order chi connectivity index (χ1) is 8.74. The van der Waals surface area contributed by atoms with E-state index in [2.05, 4.69) is 17.4 Å². The molecule has 18 heavy (non-hydrogen) atoms. The highest BCUT2D eigenvalue weighted by Gasteiger charge is 2.31. The summed E-state index contributed by atoms with van der Waals surface area (Å²) < 4.78 is 0. The second kappa shape index (κ2) is 4.73. The summed E-state index contributed by atoms with van der Waals surface area (Å²) in [6, 6.07) is 8.25. The molecule has 1 atom stereocenters. The average Bonchev–Trinajstić information content (AvgIpc) is 3.14. The maximum absolute atomic E-state index is 12.0. The molecule has 1 fully saturated rings. The molecule has 2 aliphatic carbocycles. The fraction of sp³-hybridized carbons (Fsp3) is 0.533. The van der Waals surface area contributed by atoms with E-state index in [1.807, 2.05) is 12.1 Å². The van der Waals surface area contributed by atoms with Gasteiger partial charge in [-0.1, -0.05) is 24.3 Å². The second-order valence-electron chi connectivity index (χ2n) is 5.52. The zero-order valence-electron chi connectivity index (χ0n) is 10.4. The van der Waals surface area contributed by atoms with E-state index in [9.17, 15) is 9.90 Å². The first kappa shape index (κ1) is 11.7. The number of fused-ring (bicyclic) bond motifs is 1. The predicted molar refractivity (Wildman–Crippen MR) is 69.1 cm³/mol. The van der Waals surface area contributed by atoms with Gasteiger partial charge in [-0.15, -0.1) is 0 Å². The van der Waals surface area contributed by atoms with Gasteiger partial charge in [-0.2, -0.15) is 0 Å². The minimum absolute atomic E-state index is 0.0498.